The summed E-state index contributed by atoms with van der Waals surface area (Å²) in [7, 11) is -1.01. The van der Waals surface area contributed by atoms with Gasteiger partial charge in [-0.3, -0.25) is 4.72 Å². The second kappa shape index (κ2) is 7.55. The Morgan fingerprint density at radius 1 is 0.821 bits per heavy atom. The zero-order valence-corrected chi connectivity index (χ0v) is 15.9. The molecular formula is C20H17F3N2O2S. The van der Waals surface area contributed by atoms with E-state index < -0.39 is 32.4 Å². The van der Waals surface area contributed by atoms with Crippen LogP contribution in [0.5, 0.6) is 0 Å². The molecule has 0 spiro atoms. The average Bonchev–Trinajstić information content (AvgIpc) is 2.64. The molecule has 146 valence electrons. The zero-order chi connectivity index (χ0) is 20.5. The minimum absolute atomic E-state index is 0.0783. The number of halogens is 3. The van der Waals surface area contributed by atoms with E-state index in [-0.39, 0.29) is 22.5 Å². The molecule has 0 saturated heterocycles. The van der Waals surface area contributed by atoms with Crippen molar-refractivity contribution in [2.45, 2.75) is 4.90 Å². The summed E-state index contributed by atoms with van der Waals surface area (Å²) in [5.41, 5.74) is 0.607. The van der Waals surface area contributed by atoms with E-state index in [0.29, 0.717) is 6.07 Å². The van der Waals surface area contributed by atoms with Gasteiger partial charge in [-0.2, -0.15) is 0 Å². The second-order valence-corrected chi connectivity index (χ2v) is 7.95. The number of benzene rings is 3. The Morgan fingerprint density at radius 2 is 1.46 bits per heavy atom. The van der Waals surface area contributed by atoms with Crippen LogP contribution in [0.25, 0.3) is 11.1 Å². The third-order valence-electron chi connectivity index (χ3n) is 4.08. The van der Waals surface area contributed by atoms with E-state index in [1.165, 1.54) is 29.2 Å². The third-order valence-corrected chi connectivity index (χ3v) is 5.50. The van der Waals surface area contributed by atoms with Gasteiger partial charge in [-0.1, -0.05) is 24.3 Å². The molecule has 0 unspecified atom stereocenters. The Labute approximate surface area is 161 Å². The fourth-order valence-corrected chi connectivity index (χ4v) is 4.00. The maximum atomic E-state index is 14.0. The van der Waals surface area contributed by atoms with E-state index in [1.807, 2.05) is 0 Å². The fourth-order valence-electron chi connectivity index (χ4n) is 2.72. The Bertz CT molecular complexity index is 1120. The van der Waals surface area contributed by atoms with E-state index in [9.17, 15) is 21.6 Å². The molecule has 0 radical (unpaired) electrons. The summed E-state index contributed by atoms with van der Waals surface area (Å²) in [6, 6.07) is 13.3. The molecule has 28 heavy (non-hydrogen) atoms. The molecule has 3 aromatic rings. The van der Waals surface area contributed by atoms with Crippen molar-refractivity contribution in [3.8, 4) is 11.1 Å². The van der Waals surface area contributed by atoms with Crippen molar-refractivity contribution in [1.82, 2.24) is 0 Å². The Kier molecular flexibility index (Phi) is 5.33. The third kappa shape index (κ3) is 3.96. The molecule has 0 saturated carbocycles. The largest absolute Gasteiger partial charge is 0.375 e. The van der Waals surface area contributed by atoms with Gasteiger partial charge in [0.15, 0.2) is 11.6 Å². The van der Waals surface area contributed by atoms with E-state index in [0.717, 1.165) is 12.1 Å². The first-order chi connectivity index (χ1) is 13.2. The summed E-state index contributed by atoms with van der Waals surface area (Å²) >= 11 is 0. The molecule has 0 aromatic heterocycles. The van der Waals surface area contributed by atoms with Crippen LogP contribution in [0.2, 0.25) is 0 Å². The fraction of sp³-hybridized carbons (Fsp3) is 0.100. The molecule has 0 aliphatic heterocycles. The molecule has 0 fully saturated rings. The lowest BCUT2D eigenvalue weighted by atomic mass is 10.0. The van der Waals surface area contributed by atoms with Crippen molar-refractivity contribution in [3.05, 3.63) is 78.1 Å². The van der Waals surface area contributed by atoms with Crippen molar-refractivity contribution >= 4 is 21.4 Å². The van der Waals surface area contributed by atoms with Crippen molar-refractivity contribution in [3.63, 3.8) is 0 Å². The Balaban J connectivity index is 2.18. The monoisotopic (exact) mass is 406 g/mol. The van der Waals surface area contributed by atoms with Crippen LogP contribution in [0.3, 0.4) is 0 Å². The summed E-state index contributed by atoms with van der Waals surface area (Å²) in [6.45, 7) is 0. The molecule has 0 atom stereocenters. The van der Waals surface area contributed by atoms with Gasteiger partial charge in [0, 0.05) is 25.3 Å². The molecule has 0 aliphatic rings. The molecular weight excluding hydrogens is 389 g/mol. The van der Waals surface area contributed by atoms with E-state index in [1.54, 1.807) is 32.3 Å². The lowest BCUT2D eigenvalue weighted by molar-refractivity contribution is 0.505. The van der Waals surface area contributed by atoms with Crippen LogP contribution in [0.1, 0.15) is 0 Å². The minimum Gasteiger partial charge on any atom is -0.375 e. The predicted octanol–water partition coefficient (Wildman–Crippen LogP) is 4.64. The molecule has 1 N–H and O–H groups in total. The van der Waals surface area contributed by atoms with E-state index in [2.05, 4.69) is 4.72 Å². The lowest BCUT2D eigenvalue weighted by Crippen LogP contribution is -2.15. The Morgan fingerprint density at radius 3 is 2.11 bits per heavy atom. The van der Waals surface area contributed by atoms with Gasteiger partial charge >= 0.3 is 0 Å². The van der Waals surface area contributed by atoms with E-state index in [4.69, 9.17) is 0 Å². The first-order valence-corrected chi connectivity index (χ1v) is 9.71. The van der Waals surface area contributed by atoms with Crippen LogP contribution in [0.15, 0.2) is 65.6 Å². The van der Waals surface area contributed by atoms with Crippen LogP contribution in [0.4, 0.5) is 24.5 Å². The highest BCUT2D eigenvalue weighted by atomic mass is 32.2. The van der Waals surface area contributed by atoms with Gasteiger partial charge in [0.2, 0.25) is 0 Å². The molecule has 3 aromatic carbocycles. The van der Waals surface area contributed by atoms with Crippen molar-refractivity contribution in [2.24, 2.45) is 0 Å². The van der Waals surface area contributed by atoms with E-state index >= 15 is 0 Å². The number of nitrogens with zero attached hydrogens (tertiary/aromatic N) is 1. The molecule has 0 amide bonds. The smallest absolute Gasteiger partial charge is 0.262 e. The molecule has 3 rings (SSSR count). The van der Waals surface area contributed by atoms with Gasteiger partial charge in [-0.15, -0.1) is 0 Å². The van der Waals surface area contributed by atoms with Gasteiger partial charge in [0.05, 0.1) is 10.6 Å². The number of hydrogen-bond donors (Lipinski definition) is 1. The van der Waals surface area contributed by atoms with Crippen molar-refractivity contribution < 1.29 is 21.6 Å². The second-order valence-electron chi connectivity index (χ2n) is 6.29. The van der Waals surface area contributed by atoms with Gasteiger partial charge < -0.3 is 4.90 Å². The quantitative estimate of drug-likeness (QED) is 0.672. The summed E-state index contributed by atoms with van der Waals surface area (Å²) in [5.74, 6) is -3.03. The summed E-state index contributed by atoms with van der Waals surface area (Å²) in [5, 5.41) is 0. The summed E-state index contributed by atoms with van der Waals surface area (Å²) in [4.78, 5) is 1.04. The first kappa shape index (κ1) is 19.8. The SMILES string of the molecule is CN(C)c1cc(-c2cc(F)c(F)cc2S(=O)(=O)Nc2ccccc2)ccc1F. The number of anilines is 2. The van der Waals surface area contributed by atoms with Crippen LogP contribution in [-0.4, -0.2) is 22.5 Å². The molecule has 4 nitrogen and oxygen atoms in total. The summed E-state index contributed by atoms with van der Waals surface area (Å²) in [6.07, 6.45) is 0. The highest BCUT2D eigenvalue weighted by Gasteiger charge is 2.23. The topological polar surface area (TPSA) is 49.4 Å². The first-order valence-electron chi connectivity index (χ1n) is 8.23. The highest BCUT2D eigenvalue weighted by molar-refractivity contribution is 7.92. The minimum atomic E-state index is -4.24. The summed E-state index contributed by atoms with van der Waals surface area (Å²) < 4.78 is 69.9. The highest BCUT2D eigenvalue weighted by Crippen LogP contribution is 2.33. The van der Waals surface area contributed by atoms with Gasteiger partial charge in [0.1, 0.15) is 5.82 Å². The number of nitrogens with one attached hydrogen (secondary N) is 1. The van der Waals surface area contributed by atoms with Gasteiger partial charge in [-0.05, 0) is 42.0 Å². The Hall–Kier alpha value is -3.00. The van der Waals surface area contributed by atoms with Crippen molar-refractivity contribution in [1.29, 1.82) is 0 Å². The maximum absolute atomic E-state index is 14.0. The maximum Gasteiger partial charge on any atom is 0.262 e. The van der Waals surface area contributed by atoms with Gasteiger partial charge in [-0.25, -0.2) is 21.6 Å². The zero-order valence-electron chi connectivity index (χ0n) is 15.1. The molecule has 0 bridgehead atoms. The van der Waals surface area contributed by atoms with Crippen LogP contribution in [0, 0.1) is 17.5 Å². The van der Waals surface area contributed by atoms with Crippen molar-refractivity contribution in [2.75, 3.05) is 23.7 Å². The van der Waals surface area contributed by atoms with Crippen LogP contribution < -0.4 is 9.62 Å². The molecule has 8 heteroatoms. The lowest BCUT2D eigenvalue weighted by Gasteiger charge is -2.17. The number of para-hydroxylation sites is 1. The standard InChI is InChI=1S/C20H17F3N2O2S/c1-25(2)19-10-13(8-9-16(19)21)15-11-17(22)18(23)12-20(15)28(26,27)24-14-6-4-3-5-7-14/h3-12,24H,1-2H3. The van der Waals surface area contributed by atoms with Gasteiger partial charge in [0.25, 0.3) is 10.0 Å². The molecule has 0 aliphatic carbocycles. The average molecular weight is 406 g/mol. The normalized spacial score (nSPS) is 11.3. The number of rotatable bonds is 5. The number of hydrogen-bond acceptors (Lipinski definition) is 3. The van der Waals surface area contributed by atoms with Crippen LogP contribution >= 0.6 is 0 Å². The molecule has 0 heterocycles. The predicted molar refractivity (Wildman–Crippen MR) is 103 cm³/mol. The van der Waals surface area contributed by atoms with Crippen LogP contribution in [-0.2, 0) is 10.0 Å². The number of sulfonamides is 1.